The number of nitriles is 1. The molecule has 0 amide bonds. The molecule has 2 heterocycles. The number of hydrogen-bond acceptors (Lipinski definition) is 5. The first-order chi connectivity index (χ1) is 13.8. The van der Waals surface area contributed by atoms with Crippen LogP contribution in [0.4, 0.5) is 5.82 Å². The van der Waals surface area contributed by atoms with Crippen LogP contribution in [0.15, 0.2) is 60.7 Å². The van der Waals surface area contributed by atoms with E-state index >= 15 is 0 Å². The van der Waals surface area contributed by atoms with E-state index < -0.39 is 0 Å². The topological polar surface area (TPSA) is 61.2 Å². The lowest BCUT2D eigenvalue weighted by molar-refractivity contribution is 0.0368. The van der Waals surface area contributed by atoms with Crippen molar-refractivity contribution in [2.24, 2.45) is 0 Å². The molecule has 5 heteroatoms. The number of nitrogens with zero attached hydrogens (tertiary/aromatic N) is 3. The number of ether oxygens (including phenoxy) is 1. The van der Waals surface area contributed by atoms with Crippen LogP contribution in [-0.2, 0) is 4.74 Å². The summed E-state index contributed by atoms with van der Waals surface area (Å²) in [4.78, 5) is 7.17. The summed E-state index contributed by atoms with van der Waals surface area (Å²) in [6, 6.07) is 22.6. The number of fused-ring (bicyclic) bond motifs is 1. The van der Waals surface area contributed by atoms with Gasteiger partial charge in [0.1, 0.15) is 11.9 Å². The van der Waals surface area contributed by atoms with Crippen molar-refractivity contribution in [3.63, 3.8) is 0 Å². The summed E-state index contributed by atoms with van der Waals surface area (Å²) >= 11 is 0. The highest BCUT2D eigenvalue weighted by atomic mass is 16.5. The molecule has 1 aromatic heterocycles. The maximum absolute atomic E-state index is 9.64. The number of morpholine rings is 1. The lowest BCUT2D eigenvalue weighted by Crippen LogP contribution is -2.37. The average Bonchev–Trinajstić information content (AvgIpc) is 2.77. The summed E-state index contributed by atoms with van der Waals surface area (Å²) in [5.74, 6) is 0.650. The van der Waals surface area contributed by atoms with Gasteiger partial charge in [-0.2, -0.15) is 5.26 Å². The van der Waals surface area contributed by atoms with E-state index in [2.05, 4.69) is 40.6 Å². The number of anilines is 1. The first-order valence-corrected chi connectivity index (χ1v) is 9.75. The molecule has 0 spiro atoms. The molecule has 2 aromatic carbocycles. The van der Waals surface area contributed by atoms with Gasteiger partial charge >= 0.3 is 0 Å². The number of pyridine rings is 1. The van der Waals surface area contributed by atoms with E-state index in [4.69, 9.17) is 9.72 Å². The number of rotatable bonds is 6. The minimum absolute atomic E-state index is 0.0878. The monoisotopic (exact) mass is 372 g/mol. The van der Waals surface area contributed by atoms with Crippen LogP contribution >= 0.6 is 0 Å². The molecule has 28 heavy (non-hydrogen) atoms. The Morgan fingerprint density at radius 3 is 2.61 bits per heavy atom. The maximum atomic E-state index is 9.64. The Labute approximate surface area is 165 Å². The molecule has 3 aromatic rings. The number of hydrogen-bond donors (Lipinski definition) is 1. The van der Waals surface area contributed by atoms with Gasteiger partial charge in [0.2, 0.25) is 0 Å². The third kappa shape index (κ3) is 4.30. The number of aromatic nitrogens is 1. The maximum Gasteiger partial charge on any atom is 0.145 e. The zero-order valence-corrected chi connectivity index (χ0v) is 15.8. The SMILES string of the molecule is N#Cc1cc2ccccc2nc1N[C@H](CCN1CCOCC1)c1ccccc1. The zero-order valence-electron chi connectivity index (χ0n) is 15.8. The normalized spacial score (nSPS) is 15.8. The van der Waals surface area contributed by atoms with Crippen LogP contribution < -0.4 is 5.32 Å². The van der Waals surface area contributed by atoms with Crippen LogP contribution in [-0.4, -0.2) is 42.7 Å². The van der Waals surface area contributed by atoms with Crippen molar-refractivity contribution >= 4 is 16.7 Å². The lowest BCUT2D eigenvalue weighted by Gasteiger charge is -2.29. The highest BCUT2D eigenvalue weighted by molar-refractivity contribution is 5.82. The molecule has 0 bridgehead atoms. The molecule has 0 unspecified atom stereocenters. The van der Waals surface area contributed by atoms with E-state index in [1.165, 1.54) is 5.56 Å². The van der Waals surface area contributed by atoms with Crippen molar-refractivity contribution in [3.8, 4) is 6.07 Å². The van der Waals surface area contributed by atoms with Gasteiger partial charge in [0, 0.05) is 25.0 Å². The Morgan fingerprint density at radius 2 is 1.82 bits per heavy atom. The molecular formula is C23H24N4O. The fourth-order valence-electron chi connectivity index (χ4n) is 3.62. The van der Waals surface area contributed by atoms with Crippen LogP contribution in [0.1, 0.15) is 23.6 Å². The summed E-state index contributed by atoms with van der Waals surface area (Å²) in [6.07, 6.45) is 0.934. The summed E-state index contributed by atoms with van der Waals surface area (Å²) < 4.78 is 5.45. The molecule has 0 radical (unpaired) electrons. The molecule has 1 fully saturated rings. The molecule has 1 aliphatic heterocycles. The Hall–Kier alpha value is -2.94. The van der Waals surface area contributed by atoms with E-state index in [1.807, 2.05) is 36.4 Å². The third-order valence-electron chi connectivity index (χ3n) is 5.20. The molecule has 1 atom stereocenters. The molecule has 0 aliphatic carbocycles. The van der Waals surface area contributed by atoms with E-state index in [0.717, 1.165) is 50.2 Å². The zero-order chi connectivity index (χ0) is 19.2. The average molecular weight is 372 g/mol. The molecule has 1 N–H and O–H groups in total. The predicted octanol–water partition coefficient (Wildman–Crippen LogP) is 3.98. The number of benzene rings is 2. The molecule has 0 saturated carbocycles. The van der Waals surface area contributed by atoms with Gasteiger partial charge in [0.25, 0.3) is 0 Å². The number of para-hydroxylation sites is 1. The Balaban J connectivity index is 1.60. The minimum Gasteiger partial charge on any atom is -0.379 e. The van der Waals surface area contributed by atoms with Crippen LogP contribution in [0, 0.1) is 11.3 Å². The molecule has 1 aliphatic rings. The van der Waals surface area contributed by atoms with Gasteiger partial charge in [-0.3, -0.25) is 4.90 Å². The fourth-order valence-corrected chi connectivity index (χ4v) is 3.62. The van der Waals surface area contributed by atoms with Gasteiger partial charge in [0.15, 0.2) is 0 Å². The number of nitrogens with one attached hydrogen (secondary N) is 1. The van der Waals surface area contributed by atoms with E-state index in [9.17, 15) is 5.26 Å². The quantitative estimate of drug-likeness (QED) is 0.709. The van der Waals surface area contributed by atoms with Crippen LogP contribution in [0.25, 0.3) is 10.9 Å². The van der Waals surface area contributed by atoms with Gasteiger partial charge in [-0.15, -0.1) is 0 Å². The lowest BCUT2D eigenvalue weighted by atomic mass is 10.0. The summed E-state index contributed by atoms with van der Waals surface area (Å²) in [5, 5.41) is 14.2. The Bertz CT molecular complexity index is 961. The summed E-state index contributed by atoms with van der Waals surface area (Å²) in [5.41, 5.74) is 2.67. The van der Waals surface area contributed by atoms with Crippen molar-refractivity contribution in [1.82, 2.24) is 9.88 Å². The van der Waals surface area contributed by atoms with E-state index in [0.29, 0.717) is 11.4 Å². The highest BCUT2D eigenvalue weighted by Gasteiger charge is 2.18. The largest absolute Gasteiger partial charge is 0.379 e. The van der Waals surface area contributed by atoms with Gasteiger partial charge in [0.05, 0.1) is 30.3 Å². The molecule has 142 valence electrons. The van der Waals surface area contributed by atoms with Crippen LogP contribution in [0.5, 0.6) is 0 Å². The van der Waals surface area contributed by atoms with Gasteiger partial charge < -0.3 is 10.1 Å². The second kappa shape index (κ2) is 8.83. The molecular weight excluding hydrogens is 348 g/mol. The Morgan fingerprint density at radius 1 is 1.07 bits per heavy atom. The van der Waals surface area contributed by atoms with Crippen LogP contribution in [0.2, 0.25) is 0 Å². The summed E-state index contributed by atoms with van der Waals surface area (Å²) in [7, 11) is 0. The molecule has 4 rings (SSSR count). The standard InChI is InChI=1S/C23H24N4O/c24-17-20-16-19-8-4-5-9-21(19)25-23(20)26-22(18-6-2-1-3-7-18)10-11-27-12-14-28-15-13-27/h1-9,16,22H,10-15H2,(H,25,26)/t22-/m1/s1. The second-order valence-corrected chi connectivity index (χ2v) is 7.04. The third-order valence-corrected chi connectivity index (χ3v) is 5.20. The van der Waals surface area contributed by atoms with Gasteiger partial charge in [-0.25, -0.2) is 4.98 Å². The first-order valence-electron chi connectivity index (χ1n) is 9.75. The van der Waals surface area contributed by atoms with Gasteiger partial charge in [-0.1, -0.05) is 48.5 Å². The van der Waals surface area contributed by atoms with Crippen molar-refractivity contribution in [1.29, 1.82) is 5.26 Å². The van der Waals surface area contributed by atoms with Gasteiger partial charge in [-0.05, 0) is 24.1 Å². The minimum atomic E-state index is 0.0878. The molecule has 5 nitrogen and oxygen atoms in total. The van der Waals surface area contributed by atoms with Crippen molar-refractivity contribution in [3.05, 3.63) is 71.8 Å². The second-order valence-electron chi connectivity index (χ2n) is 7.04. The molecule has 1 saturated heterocycles. The highest BCUT2D eigenvalue weighted by Crippen LogP contribution is 2.26. The Kier molecular flexibility index (Phi) is 5.81. The van der Waals surface area contributed by atoms with Crippen molar-refractivity contribution in [2.75, 3.05) is 38.2 Å². The van der Waals surface area contributed by atoms with E-state index in [-0.39, 0.29) is 6.04 Å². The smallest absolute Gasteiger partial charge is 0.145 e. The predicted molar refractivity (Wildman–Crippen MR) is 111 cm³/mol. The van der Waals surface area contributed by atoms with Crippen molar-refractivity contribution < 1.29 is 4.74 Å². The first kappa shape index (κ1) is 18.4. The van der Waals surface area contributed by atoms with E-state index in [1.54, 1.807) is 0 Å². The fraction of sp³-hybridized carbons (Fsp3) is 0.304. The van der Waals surface area contributed by atoms with Crippen molar-refractivity contribution in [2.45, 2.75) is 12.5 Å². The summed E-state index contributed by atoms with van der Waals surface area (Å²) in [6.45, 7) is 4.52. The van der Waals surface area contributed by atoms with Crippen LogP contribution in [0.3, 0.4) is 0 Å².